The van der Waals surface area contributed by atoms with Crippen LogP contribution in [0.1, 0.15) is 32.1 Å². The second-order valence-electron chi connectivity index (χ2n) is 4.06. The maximum atomic E-state index is 11.4. The number of rotatable bonds is 11. The molecule has 7 nitrogen and oxygen atoms in total. The first-order valence-corrected chi connectivity index (χ1v) is 6.41. The van der Waals surface area contributed by atoms with Crippen molar-refractivity contribution in [1.82, 2.24) is 0 Å². The second kappa shape index (κ2) is 11.9. The van der Waals surface area contributed by atoms with Gasteiger partial charge in [-0.05, 0) is 25.7 Å². The van der Waals surface area contributed by atoms with Gasteiger partial charge in [0.15, 0.2) is 0 Å². The van der Waals surface area contributed by atoms with Crippen LogP contribution in [0.25, 0.3) is 0 Å². The molecule has 0 aliphatic heterocycles. The third-order valence-corrected chi connectivity index (χ3v) is 2.30. The van der Waals surface area contributed by atoms with E-state index in [1.165, 1.54) is 0 Å². The fourth-order valence-electron chi connectivity index (χ4n) is 1.22. The van der Waals surface area contributed by atoms with E-state index < -0.39 is 18.0 Å². The van der Waals surface area contributed by atoms with E-state index in [1.54, 1.807) is 0 Å². The molecule has 0 radical (unpaired) electrons. The first-order chi connectivity index (χ1) is 9.11. The molecule has 0 aromatic carbocycles. The van der Waals surface area contributed by atoms with Crippen LogP contribution in [-0.4, -0.2) is 54.6 Å². The Morgan fingerprint density at radius 3 is 2.00 bits per heavy atom. The molecule has 19 heavy (non-hydrogen) atoms. The molecular formula is C12H23NO6. The molecule has 7 heteroatoms. The van der Waals surface area contributed by atoms with E-state index in [4.69, 9.17) is 25.4 Å². The van der Waals surface area contributed by atoms with Crippen LogP contribution in [0, 0.1) is 0 Å². The predicted octanol–water partition coefficient (Wildman–Crippen LogP) is -0.665. The third-order valence-electron chi connectivity index (χ3n) is 2.30. The minimum atomic E-state index is -1.03. The highest BCUT2D eigenvalue weighted by molar-refractivity contribution is 5.82. The first kappa shape index (κ1) is 17.8. The highest BCUT2D eigenvalue weighted by atomic mass is 16.5. The third kappa shape index (κ3) is 10.4. The number of carbonyl (C=O) groups is 2. The van der Waals surface area contributed by atoms with Crippen molar-refractivity contribution < 1.29 is 29.3 Å². The number of esters is 2. The van der Waals surface area contributed by atoms with E-state index in [-0.39, 0.29) is 32.8 Å². The molecule has 1 atom stereocenters. The second-order valence-corrected chi connectivity index (χ2v) is 4.06. The number of unbranched alkanes of at least 4 members (excludes halogenated alkanes) is 2. The maximum Gasteiger partial charge on any atom is 0.323 e. The van der Waals surface area contributed by atoms with E-state index >= 15 is 0 Å². The Morgan fingerprint density at radius 2 is 1.47 bits per heavy atom. The van der Waals surface area contributed by atoms with E-state index in [0.717, 1.165) is 0 Å². The zero-order chi connectivity index (χ0) is 14.5. The van der Waals surface area contributed by atoms with Crippen molar-refractivity contribution in [1.29, 1.82) is 0 Å². The summed E-state index contributed by atoms with van der Waals surface area (Å²) < 4.78 is 9.67. The summed E-state index contributed by atoms with van der Waals surface area (Å²) in [6, 6.07) is -1.03. The molecule has 0 saturated heterocycles. The molecule has 0 fully saturated rings. The summed E-state index contributed by atoms with van der Waals surface area (Å²) in [7, 11) is 0. The fraction of sp³-hybridized carbons (Fsp3) is 0.833. The summed E-state index contributed by atoms with van der Waals surface area (Å²) >= 11 is 0. The van der Waals surface area contributed by atoms with E-state index in [0.29, 0.717) is 25.7 Å². The minimum absolute atomic E-state index is 0.0454. The average molecular weight is 277 g/mol. The molecule has 0 aliphatic carbocycles. The van der Waals surface area contributed by atoms with Crippen molar-refractivity contribution in [2.45, 2.75) is 38.1 Å². The van der Waals surface area contributed by atoms with Gasteiger partial charge >= 0.3 is 11.9 Å². The van der Waals surface area contributed by atoms with Crippen molar-refractivity contribution in [3.05, 3.63) is 0 Å². The fourth-order valence-corrected chi connectivity index (χ4v) is 1.22. The number of ether oxygens (including phenoxy) is 2. The Balaban J connectivity index is 3.66. The van der Waals surface area contributed by atoms with E-state index in [9.17, 15) is 9.59 Å². The molecule has 0 bridgehead atoms. The van der Waals surface area contributed by atoms with Gasteiger partial charge in [0.2, 0.25) is 0 Å². The molecule has 1 unspecified atom stereocenters. The minimum Gasteiger partial charge on any atom is -0.466 e. The Labute approximate surface area is 112 Å². The lowest BCUT2D eigenvalue weighted by Crippen LogP contribution is -2.35. The molecule has 0 aromatic rings. The van der Waals surface area contributed by atoms with Crippen LogP contribution in [-0.2, 0) is 19.1 Å². The maximum absolute atomic E-state index is 11.4. The molecule has 0 aromatic heterocycles. The van der Waals surface area contributed by atoms with Crippen LogP contribution in [0.2, 0.25) is 0 Å². The van der Waals surface area contributed by atoms with Gasteiger partial charge < -0.3 is 25.4 Å². The number of hydrogen-bond donors (Lipinski definition) is 3. The lowest BCUT2D eigenvalue weighted by atomic mass is 10.2. The van der Waals surface area contributed by atoms with Gasteiger partial charge in [-0.25, -0.2) is 0 Å². The zero-order valence-corrected chi connectivity index (χ0v) is 11.0. The quantitative estimate of drug-likeness (QED) is 0.338. The number of hydrogen-bond acceptors (Lipinski definition) is 7. The number of carbonyl (C=O) groups excluding carboxylic acids is 2. The monoisotopic (exact) mass is 277 g/mol. The lowest BCUT2D eigenvalue weighted by Gasteiger charge is -2.11. The largest absolute Gasteiger partial charge is 0.466 e. The van der Waals surface area contributed by atoms with Gasteiger partial charge in [0.25, 0.3) is 0 Å². The number of nitrogens with two attached hydrogens (primary N) is 1. The molecule has 0 spiro atoms. The van der Waals surface area contributed by atoms with Crippen molar-refractivity contribution in [3.8, 4) is 0 Å². The standard InChI is InChI=1S/C12H23NO6/c13-10(12(17)19-8-4-2-6-15)9-11(16)18-7-3-1-5-14/h10,14-15H,1-9,13H2. The van der Waals surface area contributed by atoms with Crippen molar-refractivity contribution in [3.63, 3.8) is 0 Å². The van der Waals surface area contributed by atoms with Gasteiger partial charge in [-0.15, -0.1) is 0 Å². The van der Waals surface area contributed by atoms with Crippen LogP contribution in [0.15, 0.2) is 0 Å². The van der Waals surface area contributed by atoms with Crippen LogP contribution >= 0.6 is 0 Å². The zero-order valence-electron chi connectivity index (χ0n) is 11.0. The summed E-state index contributed by atoms with van der Waals surface area (Å²) in [6.07, 6.45) is 2.02. The average Bonchev–Trinajstić information content (AvgIpc) is 2.39. The predicted molar refractivity (Wildman–Crippen MR) is 67.2 cm³/mol. The molecule has 0 rings (SSSR count). The summed E-state index contributed by atoms with van der Waals surface area (Å²) in [5, 5.41) is 17.1. The van der Waals surface area contributed by atoms with Crippen LogP contribution in [0.5, 0.6) is 0 Å². The molecule has 4 N–H and O–H groups in total. The Morgan fingerprint density at radius 1 is 0.947 bits per heavy atom. The Kier molecular flexibility index (Phi) is 11.1. The smallest absolute Gasteiger partial charge is 0.323 e. The summed E-state index contributed by atoms with van der Waals surface area (Å²) in [6.45, 7) is 0.483. The summed E-state index contributed by atoms with van der Waals surface area (Å²) in [4.78, 5) is 22.7. The number of aliphatic hydroxyl groups is 2. The van der Waals surface area contributed by atoms with Gasteiger partial charge in [0.05, 0.1) is 19.6 Å². The van der Waals surface area contributed by atoms with Crippen LogP contribution in [0.4, 0.5) is 0 Å². The molecule has 0 aliphatic rings. The van der Waals surface area contributed by atoms with Gasteiger partial charge in [0, 0.05) is 13.2 Å². The van der Waals surface area contributed by atoms with Crippen molar-refractivity contribution >= 4 is 11.9 Å². The molecule has 0 heterocycles. The SMILES string of the molecule is NC(CC(=O)OCCCCO)C(=O)OCCCCO. The van der Waals surface area contributed by atoms with Gasteiger partial charge in [-0.2, -0.15) is 0 Å². The Hall–Kier alpha value is -1.18. The van der Waals surface area contributed by atoms with Crippen molar-refractivity contribution in [2.24, 2.45) is 5.73 Å². The van der Waals surface area contributed by atoms with E-state index in [1.807, 2.05) is 0 Å². The van der Waals surface area contributed by atoms with E-state index in [2.05, 4.69) is 0 Å². The summed E-state index contributed by atoms with van der Waals surface area (Å²) in [5.74, 6) is -1.21. The topological polar surface area (TPSA) is 119 Å². The molecule has 112 valence electrons. The van der Waals surface area contributed by atoms with Gasteiger partial charge in [0.1, 0.15) is 6.04 Å². The van der Waals surface area contributed by atoms with Crippen LogP contribution in [0.3, 0.4) is 0 Å². The Bertz CT molecular complexity index is 259. The molecular weight excluding hydrogens is 254 g/mol. The van der Waals surface area contributed by atoms with Gasteiger partial charge in [-0.1, -0.05) is 0 Å². The highest BCUT2D eigenvalue weighted by Crippen LogP contribution is 1.99. The highest BCUT2D eigenvalue weighted by Gasteiger charge is 2.19. The van der Waals surface area contributed by atoms with Gasteiger partial charge in [-0.3, -0.25) is 9.59 Å². The van der Waals surface area contributed by atoms with Crippen molar-refractivity contribution in [2.75, 3.05) is 26.4 Å². The lowest BCUT2D eigenvalue weighted by molar-refractivity contribution is -0.152. The molecule has 0 amide bonds. The number of aliphatic hydroxyl groups excluding tert-OH is 2. The summed E-state index contributed by atoms with van der Waals surface area (Å²) in [5.41, 5.74) is 5.50. The first-order valence-electron chi connectivity index (χ1n) is 6.41. The normalized spacial score (nSPS) is 11.9. The molecule has 0 saturated carbocycles. The van der Waals surface area contributed by atoms with Crippen LogP contribution < -0.4 is 5.73 Å².